The van der Waals surface area contributed by atoms with Crippen molar-refractivity contribution >= 4 is 28.8 Å². The van der Waals surface area contributed by atoms with Crippen molar-refractivity contribution in [2.24, 2.45) is 0 Å². The Labute approximate surface area is 178 Å². The molecule has 152 valence electrons. The molecule has 2 aromatic carbocycles. The number of ether oxygens (including phenoxy) is 1. The first-order chi connectivity index (χ1) is 14.5. The molecule has 0 spiro atoms. The second kappa shape index (κ2) is 8.16. The monoisotopic (exact) mass is 419 g/mol. The first kappa shape index (κ1) is 19.9. The Morgan fingerprint density at radius 1 is 1.10 bits per heavy atom. The lowest BCUT2D eigenvalue weighted by Gasteiger charge is -2.25. The van der Waals surface area contributed by atoms with Crippen molar-refractivity contribution in [3.05, 3.63) is 93.2 Å². The molecule has 1 saturated heterocycles. The number of methoxy groups -OCH3 is 1. The second-order valence-corrected chi connectivity index (χ2v) is 8.18. The highest BCUT2D eigenvalue weighted by Crippen LogP contribution is 2.40. The van der Waals surface area contributed by atoms with Gasteiger partial charge in [-0.2, -0.15) is 0 Å². The van der Waals surface area contributed by atoms with E-state index in [1.54, 1.807) is 24.3 Å². The fraction of sp³-hybridized carbons (Fsp3) is 0.167. The molecule has 6 heteroatoms. The third-order valence-corrected chi connectivity index (χ3v) is 6.04. The van der Waals surface area contributed by atoms with Gasteiger partial charge in [0, 0.05) is 10.4 Å². The van der Waals surface area contributed by atoms with E-state index in [9.17, 15) is 14.7 Å². The smallest absolute Gasteiger partial charge is 0.295 e. The molecule has 5 nitrogen and oxygen atoms in total. The summed E-state index contributed by atoms with van der Waals surface area (Å²) in [7, 11) is 1.53. The van der Waals surface area contributed by atoms with Crippen molar-refractivity contribution in [3.8, 4) is 5.75 Å². The van der Waals surface area contributed by atoms with Crippen LogP contribution in [-0.2, 0) is 16.1 Å². The van der Waals surface area contributed by atoms with Gasteiger partial charge in [-0.1, -0.05) is 48.0 Å². The van der Waals surface area contributed by atoms with E-state index in [1.165, 1.54) is 23.3 Å². The first-order valence-corrected chi connectivity index (χ1v) is 10.4. The molecule has 1 fully saturated rings. The highest BCUT2D eigenvalue weighted by molar-refractivity contribution is 7.09. The molecule has 1 aromatic heterocycles. The molecular weight excluding hydrogens is 398 g/mol. The van der Waals surface area contributed by atoms with Crippen LogP contribution in [-0.4, -0.2) is 28.8 Å². The van der Waals surface area contributed by atoms with Crippen LogP contribution < -0.4 is 4.74 Å². The zero-order valence-corrected chi connectivity index (χ0v) is 17.5. The summed E-state index contributed by atoms with van der Waals surface area (Å²) in [6.07, 6.45) is 0. The maximum atomic E-state index is 13.0. The van der Waals surface area contributed by atoms with E-state index < -0.39 is 17.7 Å². The van der Waals surface area contributed by atoms with Gasteiger partial charge in [-0.25, -0.2) is 0 Å². The average Bonchev–Trinajstić information content (AvgIpc) is 3.36. The van der Waals surface area contributed by atoms with Crippen LogP contribution >= 0.6 is 11.3 Å². The van der Waals surface area contributed by atoms with Gasteiger partial charge in [-0.05, 0) is 36.1 Å². The number of ketones is 1. The standard InChI is InChI=1S/C24H21NO4S/c1-15-8-10-16(11-9-15)21-20(22(26)17-5-3-6-18(13-17)29-2)23(27)24(28)25(21)14-19-7-4-12-30-19/h3-13,21,26H,14H2,1-2H3/b22-20+. The van der Waals surface area contributed by atoms with Crippen molar-refractivity contribution in [2.75, 3.05) is 7.11 Å². The summed E-state index contributed by atoms with van der Waals surface area (Å²) in [4.78, 5) is 28.5. The molecule has 0 radical (unpaired) electrons. The van der Waals surface area contributed by atoms with Crippen molar-refractivity contribution in [1.82, 2.24) is 4.90 Å². The molecule has 1 atom stereocenters. The van der Waals surface area contributed by atoms with E-state index in [1.807, 2.05) is 48.7 Å². The highest BCUT2D eigenvalue weighted by Gasteiger charge is 2.46. The van der Waals surface area contributed by atoms with E-state index in [-0.39, 0.29) is 11.3 Å². The van der Waals surface area contributed by atoms with Crippen LogP contribution in [0.5, 0.6) is 5.75 Å². The van der Waals surface area contributed by atoms with Crippen molar-refractivity contribution < 1.29 is 19.4 Å². The van der Waals surface area contributed by atoms with E-state index in [4.69, 9.17) is 4.74 Å². The summed E-state index contributed by atoms with van der Waals surface area (Å²) >= 11 is 1.52. The number of likely N-dealkylation sites (tertiary alicyclic amines) is 1. The van der Waals surface area contributed by atoms with Gasteiger partial charge in [-0.3, -0.25) is 9.59 Å². The van der Waals surface area contributed by atoms with Gasteiger partial charge in [0.15, 0.2) is 0 Å². The zero-order valence-electron chi connectivity index (χ0n) is 16.7. The maximum Gasteiger partial charge on any atom is 0.295 e. The summed E-state index contributed by atoms with van der Waals surface area (Å²) in [5.41, 5.74) is 2.37. The number of Topliss-reactive ketones (excluding diaryl/α,β-unsaturated/α-hetero) is 1. The number of aliphatic hydroxyl groups excluding tert-OH is 1. The number of hydrogen-bond acceptors (Lipinski definition) is 5. The number of aryl methyl sites for hydroxylation is 1. The van der Waals surface area contributed by atoms with Gasteiger partial charge in [0.25, 0.3) is 11.7 Å². The number of carbonyl (C=O) groups excluding carboxylic acids is 2. The highest BCUT2D eigenvalue weighted by atomic mass is 32.1. The van der Waals surface area contributed by atoms with Gasteiger partial charge >= 0.3 is 0 Å². The lowest BCUT2D eigenvalue weighted by Crippen LogP contribution is -2.28. The zero-order chi connectivity index (χ0) is 21.3. The molecule has 0 saturated carbocycles. The molecule has 0 aliphatic carbocycles. The summed E-state index contributed by atoms with van der Waals surface area (Å²) in [5, 5.41) is 13.0. The summed E-state index contributed by atoms with van der Waals surface area (Å²) < 4.78 is 5.24. The SMILES string of the molecule is COc1cccc(/C(O)=C2\C(=O)C(=O)N(Cc3cccs3)C2c2ccc(C)cc2)c1. The molecule has 4 rings (SSSR count). The Morgan fingerprint density at radius 3 is 2.53 bits per heavy atom. The number of benzene rings is 2. The topological polar surface area (TPSA) is 66.8 Å². The van der Waals surface area contributed by atoms with Gasteiger partial charge in [0.1, 0.15) is 11.5 Å². The number of aliphatic hydroxyl groups is 1. The third kappa shape index (κ3) is 3.62. The molecule has 0 bridgehead atoms. The molecule has 1 aliphatic rings. The third-order valence-electron chi connectivity index (χ3n) is 5.18. The van der Waals surface area contributed by atoms with Gasteiger partial charge < -0.3 is 14.7 Å². The fourth-order valence-electron chi connectivity index (χ4n) is 3.63. The molecule has 2 heterocycles. The molecule has 3 aromatic rings. The average molecular weight is 420 g/mol. The molecule has 30 heavy (non-hydrogen) atoms. The van der Waals surface area contributed by atoms with Gasteiger partial charge in [-0.15, -0.1) is 11.3 Å². The van der Waals surface area contributed by atoms with Crippen LogP contribution in [0, 0.1) is 6.92 Å². The molecule has 1 aliphatic heterocycles. The number of hydrogen-bond donors (Lipinski definition) is 1. The number of carbonyl (C=O) groups is 2. The van der Waals surface area contributed by atoms with Crippen LogP contribution in [0.3, 0.4) is 0 Å². The first-order valence-electron chi connectivity index (χ1n) is 9.51. The normalized spacial score (nSPS) is 18.1. The van der Waals surface area contributed by atoms with Crippen LogP contribution in [0.15, 0.2) is 71.6 Å². The summed E-state index contributed by atoms with van der Waals surface area (Å²) in [6.45, 7) is 2.28. The van der Waals surface area contributed by atoms with Crippen molar-refractivity contribution in [3.63, 3.8) is 0 Å². The molecular formula is C24H21NO4S. The number of nitrogens with zero attached hydrogens (tertiary/aromatic N) is 1. The molecule has 1 unspecified atom stereocenters. The predicted octanol–water partition coefficient (Wildman–Crippen LogP) is 4.69. The predicted molar refractivity (Wildman–Crippen MR) is 116 cm³/mol. The minimum absolute atomic E-state index is 0.0914. The lowest BCUT2D eigenvalue weighted by atomic mass is 9.94. The summed E-state index contributed by atoms with van der Waals surface area (Å²) in [6, 6.07) is 17.7. The quantitative estimate of drug-likeness (QED) is 0.370. The Hall–Kier alpha value is -3.38. The second-order valence-electron chi connectivity index (χ2n) is 7.15. The largest absolute Gasteiger partial charge is 0.507 e. The Morgan fingerprint density at radius 2 is 1.87 bits per heavy atom. The van der Waals surface area contributed by atoms with Crippen molar-refractivity contribution in [1.29, 1.82) is 0 Å². The van der Waals surface area contributed by atoms with Crippen LogP contribution in [0.2, 0.25) is 0 Å². The Kier molecular flexibility index (Phi) is 5.42. The van der Waals surface area contributed by atoms with Crippen LogP contribution in [0.4, 0.5) is 0 Å². The summed E-state index contributed by atoms with van der Waals surface area (Å²) in [5.74, 6) is -0.943. The lowest BCUT2D eigenvalue weighted by molar-refractivity contribution is -0.140. The Bertz CT molecular complexity index is 1120. The van der Waals surface area contributed by atoms with E-state index >= 15 is 0 Å². The fourth-order valence-corrected chi connectivity index (χ4v) is 4.34. The van der Waals surface area contributed by atoms with E-state index in [0.717, 1.165) is 16.0 Å². The number of rotatable bonds is 5. The van der Waals surface area contributed by atoms with Crippen LogP contribution in [0.25, 0.3) is 5.76 Å². The van der Waals surface area contributed by atoms with Crippen molar-refractivity contribution in [2.45, 2.75) is 19.5 Å². The Balaban J connectivity index is 1.86. The van der Waals surface area contributed by atoms with E-state index in [2.05, 4.69) is 0 Å². The van der Waals surface area contributed by atoms with Gasteiger partial charge in [0.05, 0.1) is 25.3 Å². The number of amides is 1. The minimum Gasteiger partial charge on any atom is -0.507 e. The van der Waals surface area contributed by atoms with Gasteiger partial charge in [0.2, 0.25) is 0 Å². The minimum atomic E-state index is -0.683. The van der Waals surface area contributed by atoms with Crippen LogP contribution in [0.1, 0.15) is 27.6 Å². The molecule has 1 N–H and O–H groups in total. The van der Waals surface area contributed by atoms with E-state index in [0.29, 0.717) is 17.9 Å². The number of thiophene rings is 1. The molecule has 1 amide bonds. The maximum absolute atomic E-state index is 13.0.